The van der Waals surface area contributed by atoms with E-state index in [0.717, 1.165) is 18.6 Å². The molecule has 2 aromatic rings. The van der Waals surface area contributed by atoms with Crippen LogP contribution < -0.4 is 10.0 Å². The van der Waals surface area contributed by atoms with Gasteiger partial charge in [-0.1, -0.05) is 6.92 Å². The van der Waals surface area contributed by atoms with Crippen LogP contribution in [0.4, 0.5) is 14.5 Å². The van der Waals surface area contributed by atoms with Gasteiger partial charge in [-0.25, -0.2) is 17.2 Å². The molecule has 0 spiro atoms. The van der Waals surface area contributed by atoms with E-state index >= 15 is 0 Å². The van der Waals surface area contributed by atoms with Crippen molar-refractivity contribution in [2.75, 3.05) is 11.3 Å². The van der Waals surface area contributed by atoms with Crippen molar-refractivity contribution < 1.29 is 22.0 Å². The average Bonchev–Trinajstić information content (AvgIpc) is 2.52. The lowest BCUT2D eigenvalue weighted by Crippen LogP contribution is -2.23. The molecule has 0 radical (unpaired) electrons. The summed E-state index contributed by atoms with van der Waals surface area (Å²) in [4.78, 5) is 11.2. The van der Waals surface area contributed by atoms with Crippen LogP contribution in [-0.4, -0.2) is 20.9 Å². The molecule has 8 heteroatoms. The molecule has 0 saturated carbocycles. The molecule has 5 nitrogen and oxygen atoms in total. The van der Waals surface area contributed by atoms with Crippen LogP contribution in [-0.2, 0) is 10.0 Å². The largest absolute Gasteiger partial charge is 0.352 e. The Morgan fingerprint density at radius 2 is 1.62 bits per heavy atom. The summed E-state index contributed by atoms with van der Waals surface area (Å²) in [5.74, 6) is -2.24. The minimum atomic E-state index is -4.14. The first-order valence-electron chi connectivity index (χ1n) is 7.19. The van der Waals surface area contributed by atoms with Crippen molar-refractivity contribution in [2.24, 2.45) is 0 Å². The van der Waals surface area contributed by atoms with Gasteiger partial charge in [0.2, 0.25) is 0 Å². The third-order valence-electron chi connectivity index (χ3n) is 3.08. The minimum absolute atomic E-state index is 0.173. The molecular weight excluding hydrogens is 338 g/mol. The van der Waals surface area contributed by atoms with Crippen LogP contribution >= 0.6 is 0 Å². The third kappa shape index (κ3) is 4.51. The first kappa shape index (κ1) is 17.9. The normalized spacial score (nSPS) is 11.1. The minimum Gasteiger partial charge on any atom is -0.352 e. The molecule has 0 saturated heterocycles. The zero-order valence-electron chi connectivity index (χ0n) is 12.8. The van der Waals surface area contributed by atoms with Gasteiger partial charge in [0.05, 0.1) is 4.90 Å². The van der Waals surface area contributed by atoms with Crippen molar-refractivity contribution >= 4 is 21.6 Å². The molecule has 0 aliphatic heterocycles. The highest BCUT2D eigenvalue weighted by Gasteiger charge is 2.17. The van der Waals surface area contributed by atoms with Crippen molar-refractivity contribution in [1.29, 1.82) is 0 Å². The highest BCUT2D eigenvalue weighted by atomic mass is 32.2. The van der Waals surface area contributed by atoms with Crippen molar-refractivity contribution in [3.8, 4) is 0 Å². The summed E-state index contributed by atoms with van der Waals surface area (Å²) in [5.41, 5.74) is 0.551. The molecule has 0 aliphatic carbocycles. The zero-order valence-corrected chi connectivity index (χ0v) is 13.7. The molecule has 0 fully saturated rings. The molecule has 0 atom stereocenters. The number of amides is 1. The number of sulfonamides is 1. The van der Waals surface area contributed by atoms with Gasteiger partial charge in [0.15, 0.2) is 0 Å². The Labute approximate surface area is 138 Å². The van der Waals surface area contributed by atoms with Crippen LogP contribution in [0.1, 0.15) is 23.7 Å². The maximum Gasteiger partial charge on any atom is 0.262 e. The molecule has 0 aliphatic rings. The van der Waals surface area contributed by atoms with Crippen LogP contribution in [0.15, 0.2) is 47.4 Å². The molecule has 24 heavy (non-hydrogen) atoms. The van der Waals surface area contributed by atoms with Gasteiger partial charge in [-0.05, 0) is 42.8 Å². The Kier molecular flexibility index (Phi) is 5.50. The van der Waals surface area contributed by atoms with E-state index in [9.17, 15) is 22.0 Å². The molecule has 0 unspecified atom stereocenters. The van der Waals surface area contributed by atoms with Gasteiger partial charge in [-0.15, -0.1) is 0 Å². The number of rotatable bonds is 6. The number of nitrogens with one attached hydrogen (secondary N) is 2. The van der Waals surface area contributed by atoms with E-state index < -0.39 is 26.6 Å². The topological polar surface area (TPSA) is 75.3 Å². The molecule has 0 heterocycles. The lowest BCUT2D eigenvalue weighted by molar-refractivity contribution is 0.0953. The molecule has 2 rings (SSSR count). The monoisotopic (exact) mass is 354 g/mol. The van der Waals surface area contributed by atoms with Gasteiger partial charge >= 0.3 is 0 Å². The lowest BCUT2D eigenvalue weighted by atomic mass is 10.2. The van der Waals surface area contributed by atoms with Gasteiger partial charge in [-0.3, -0.25) is 9.52 Å². The molecule has 0 aromatic heterocycles. The fourth-order valence-corrected chi connectivity index (χ4v) is 3.03. The van der Waals surface area contributed by atoms with Crippen molar-refractivity contribution in [1.82, 2.24) is 5.32 Å². The number of halogens is 2. The van der Waals surface area contributed by atoms with E-state index in [2.05, 4.69) is 10.0 Å². The van der Waals surface area contributed by atoms with E-state index in [-0.39, 0.29) is 11.6 Å². The Morgan fingerprint density at radius 3 is 2.17 bits per heavy atom. The fourth-order valence-electron chi connectivity index (χ4n) is 1.93. The summed E-state index contributed by atoms with van der Waals surface area (Å²) in [6.07, 6.45) is 0.799. The summed E-state index contributed by atoms with van der Waals surface area (Å²) in [7, 11) is -4.14. The third-order valence-corrected chi connectivity index (χ3v) is 4.44. The first-order valence-corrected chi connectivity index (χ1v) is 8.67. The van der Waals surface area contributed by atoms with Crippen molar-refractivity contribution in [2.45, 2.75) is 18.2 Å². The number of benzene rings is 2. The maximum atomic E-state index is 13.2. The Morgan fingerprint density at radius 1 is 1.04 bits per heavy atom. The van der Waals surface area contributed by atoms with E-state index in [1.807, 2.05) is 6.92 Å². The second-order valence-electron chi connectivity index (χ2n) is 5.04. The van der Waals surface area contributed by atoms with Crippen molar-refractivity contribution in [3.63, 3.8) is 0 Å². The second kappa shape index (κ2) is 7.39. The SMILES string of the molecule is CCCNC(=O)c1ccc(NS(=O)(=O)c2cc(F)cc(F)c2)cc1. The fraction of sp³-hybridized carbons (Fsp3) is 0.188. The molecule has 128 valence electrons. The molecule has 1 amide bonds. The highest BCUT2D eigenvalue weighted by Crippen LogP contribution is 2.18. The molecular formula is C16H16F2N2O3S. The van der Waals surface area contributed by atoms with E-state index in [1.165, 1.54) is 24.3 Å². The number of anilines is 1. The van der Waals surface area contributed by atoms with Crippen molar-refractivity contribution in [3.05, 3.63) is 59.7 Å². The van der Waals surface area contributed by atoms with Crippen LogP contribution in [0, 0.1) is 11.6 Å². The van der Waals surface area contributed by atoms with E-state index in [1.54, 1.807) is 0 Å². The molecule has 2 aromatic carbocycles. The number of hydrogen-bond donors (Lipinski definition) is 2. The summed E-state index contributed by atoms with van der Waals surface area (Å²) in [6, 6.07) is 7.73. The zero-order chi connectivity index (χ0) is 17.7. The van der Waals surface area contributed by atoms with Crippen LogP contribution in [0.3, 0.4) is 0 Å². The molecule has 0 bridgehead atoms. The highest BCUT2D eigenvalue weighted by molar-refractivity contribution is 7.92. The summed E-state index contributed by atoms with van der Waals surface area (Å²) < 4.78 is 52.8. The van der Waals surface area contributed by atoms with Crippen LogP contribution in [0.25, 0.3) is 0 Å². The van der Waals surface area contributed by atoms with Gasteiger partial charge in [0, 0.05) is 23.9 Å². The van der Waals surface area contributed by atoms with Gasteiger partial charge < -0.3 is 5.32 Å². The Balaban J connectivity index is 2.16. The van der Waals surface area contributed by atoms with Gasteiger partial charge in [0.25, 0.3) is 15.9 Å². The van der Waals surface area contributed by atoms with E-state index in [0.29, 0.717) is 18.2 Å². The number of carbonyl (C=O) groups is 1. The Hall–Kier alpha value is -2.48. The predicted molar refractivity (Wildman–Crippen MR) is 86.2 cm³/mol. The summed E-state index contributed by atoms with van der Waals surface area (Å²) in [5, 5.41) is 2.69. The first-order chi connectivity index (χ1) is 11.3. The number of hydrogen-bond acceptors (Lipinski definition) is 3. The molecule has 2 N–H and O–H groups in total. The predicted octanol–water partition coefficient (Wildman–Crippen LogP) is 2.91. The van der Waals surface area contributed by atoms with Crippen LogP contribution in [0.2, 0.25) is 0 Å². The quantitative estimate of drug-likeness (QED) is 0.838. The van der Waals surface area contributed by atoms with Crippen LogP contribution in [0.5, 0.6) is 0 Å². The maximum absolute atomic E-state index is 13.2. The standard InChI is InChI=1S/C16H16F2N2O3S/c1-2-7-19-16(21)11-3-5-14(6-4-11)20-24(22,23)15-9-12(17)8-13(18)10-15/h3-6,8-10,20H,2,7H2,1H3,(H,19,21). The van der Waals surface area contributed by atoms with E-state index in [4.69, 9.17) is 0 Å². The van der Waals surface area contributed by atoms with Gasteiger partial charge in [-0.2, -0.15) is 0 Å². The Bertz CT molecular complexity index is 817. The average molecular weight is 354 g/mol. The van der Waals surface area contributed by atoms with Gasteiger partial charge in [0.1, 0.15) is 11.6 Å². The summed E-state index contributed by atoms with van der Waals surface area (Å²) >= 11 is 0. The lowest BCUT2D eigenvalue weighted by Gasteiger charge is -2.09. The number of carbonyl (C=O) groups excluding carboxylic acids is 1. The smallest absolute Gasteiger partial charge is 0.262 e. The summed E-state index contributed by atoms with van der Waals surface area (Å²) in [6.45, 7) is 2.46. The second-order valence-corrected chi connectivity index (χ2v) is 6.73.